The molecule has 0 spiro atoms. The van der Waals surface area contributed by atoms with Gasteiger partial charge in [0.2, 0.25) is 5.91 Å². The van der Waals surface area contributed by atoms with Gasteiger partial charge in [-0.2, -0.15) is 5.10 Å². The lowest BCUT2D eigenvalue weighted by Crippen LogP contribution is -2.30. The number of benzene rings is 1. The van der Waals surface area contributed by atoms with Crippen LogP contribution in [-0.2, 0) is 18.3 Å². The normalized spacial score (nSPS) is 13.5. The van der Waals surface area contributed by atoms with Gasteiger partial charge in [-0.05, 0) is 44.7 Å². The zero-order chi connectivity index (χ0) is 18.4. The summed E-state index contributed by atoms with van der Waals surface area (Å²) >= 11 is 0. The highest BCUT2D eigenvalue weighted by Crippen LogP contribution is 2.20. The zero-order valence-electron chi connectivity index (χ0n) is 15.6. The van der Waals surface area contributed by atoms with Gasteiger partial charge in [0.15, 0.2) is 0 Å². The van der Waals surface area contributed by atoms with E-state index in [0.717, 1.165) is 22.5 Å². The van der Waals surface area contributed by atoms with Gasteiger partial charge >= 0.3 is 0 Å². The molecule has 2 unspecified atom stereocenters. The molecule has 2 N–H and O–H groups in total. The van der Waals surface area contributed by atoms with Gasteiger partial charge in [-0.15, -0.1) is 0 Å². The molecule has 0 aliphatic rings. The van der Waals surface area contributed by atoms with Crippen LogP contribution >= 0.6 is 0 Å². The van der Waals surface area contributed by atoms with Gasteiger partial charge < -0.3 is 10.4 Å². The fourth-order valence-electron chi connectivity index (χ4n) is 3.22. The van der Waals surface area contributed by atoms with E-state index in [0.29, 0.717) is 25.8 Å². The Morgan fingerprint density at radius 2 is 1.96 bits per heavy atom. The molecule has 5 nitrogen and oxygen atoms in total. The van der Waals surface area contributed by atoms with Crippen molar-refractivity contribution < 1.29 is 9.90 Å². The quantitative estimate of drug-likeness (QED) is 0.774. The molecular weight excluding hydrogens is 314 g/mol. The van der Waals surface area contributed by atoms with Crippen LogP contribution in [0.5, 0.6) is 0 Å². The molecular formula is C20H29N3O2. The van der Waals surface area contributed by atoms with E-state index in [-0.39, 0.29) is 11.8 Å². The summed E-state index contributed by atoms with van der Waals surface area (Å²) in [4.78, 5) is 12.3. The maximum absolute atomic E-state index is 12.3. The molecule has 1 heterocycles. The van der Waals surface area contributed by atoms with Gasteiger partial charge in [0, 0.05) is 31.6 Å². The first-order chi connectivity index (χ1) is 11.9. The predicted molar refractivity (Wildman–Crippen MR) is 99.5 cm³/mol. The zero-order valence-corrected chi connectivity index (χ0v) is 15.6. The smallest absolute Gasteiger partial charge is 0.220 e. The molecule has 2 rings (SSSR count). The minimum Gasteiger partial charge on any atom is -0.393 e. The SMILES string of the molecule is Cc1nn(C)c(C)c1CCC(=O)NCC(CC(C)O)c1ccccc1. The number of aryl methyl sites for hydroxylation is 2. The highest BCUT2D eigenvalue weighted by atomic mass is 16.3. The van der Waals surface area contributed by atoms with Crippen LogP contribution in [0.15, 0.2) is 30.3 Å². The number of aliphatic hydroxyl groups is 1. The van der Waals surface area contributed by atoms with Crippen molar-refractivity contribution in [3.63, 3.8) is 0 Å². The van der Waals surface area contributed by atoms with Crippen LogP contribution in [0.1, 0.15) is 48.2 Å². The summed E-state index contributed by atoms with van der Waals surface area (Å²) in [6.07, 6.45) is 1.38. The molecule has 5 heteroatoms. The predicted octanol–water partition coefficient (Wildman–Crippen LogP) is 2.64. The molecule has 0 saturated heterocycles. The average molecular weight is 343 g/mol. The third-order valence-electron chi connectivity index (χ3n) is 4.70. The van der Waals surface area contributed by atoms with E-state index in [1.54, 1.807) is 6.92 Å². The molecule has 0 aliphatic heterocycles. The topological polar surface area (TPSA) is 67.2 Å². The summed E-state index contributed by atoms with van der Waals surface area (Å²) in [5.41, 5.74) is 4.40. The third-order valence-corrected chi connectivity index (χ3v) is 4.70. The van der Waals surface area contributed by atoms with Gasteiger partial charge in [-0.1, -0.05) is 30.3 Å². The van der Waals surface area contributed by atoms with E-state index < -0.39 is 6.10 Å². The Labute approximate surface area is 150 Å². The molecule has 1 amide bonds. The van der Waals surface area contributed by atoms with E-state index in [1.165, 1.54) is 0 Å². The van der Waals surface area contributed by atoms with Crippen LogP contribution in [0.4, 0.5) is 0 Å². The highest BCUT2D eigenvalue weighted by Gasteiger charge is 2.16. The standard InChI is InChI=1S/C20H29N3O2/c1-14(24)12-18(17-8-6-5-7-9-17)13-21-20(25)11-10-19-15(2)22-23(4)16(19)3/h5-9,14,18,24H,10-13H2,1-4H3,(H,21,25). The molecule has 0 bridgehead atoms. The maximum atomic E-state index is 12.3. The lowest BCUT2D eigenvalue weighted by molar-refractivity contribution is -0.121. The van der Waals surface area contributed by atoms with Gasteiger partial charge in [-0.3, -0.25) is 9.48 Å². The number of hydrogen-bond donors (Lipinski definition) is 2. The Balaban J connectivity index is 1.90. The number of rotatable bonds is 8. The van der Waals surface area contributed by atoms with Crippen molar-refractivity contribution in [3.8, 4) is 0 Å². The van der Waals surface area contributed by atoms with Crippen molar-refractivity contribution in [1.29, 1.82) is 0 Å². The van der Waals surface area contributed by atoms with Gasteiger partial charge in [0.25, 0.3) is 0 Å². The van der Waals surface area contributed by atoms with Crippen LogP contribution in [0.25, 0.3) is 0 Å². The number of amides is 1. The lowest BCUT2D eigenvalue weighted by Gasteiger charge is -2.19. The van der Waals surface area contributed by atoms with Crippen LogP contribution in [0, 0.1) is 13.8 Å². The number of carbonyl (C=O) groups is 1. The molecule has 1 aromatic carbocycles. The molecule has 2 atom stereocenters. The van der Waals surface area contributed by atoms with Crippen molar-refractivity contribution in [2.45, 2.75) is 52.1 Å². The molecule has 136 valence electrons. The van der Waals surface area contributed by atoms with Crippen molar-refractivity contribution in [2.24, 2.45) is 7.05 Å². The second kappa shape index (κ2) is 8.81. The fraction of sp³-hybridized carbons (Fsp3) is 0.500. The largest absolute Gasteiger partial charge is 0.393 e. The molecule has 0 saturated carbocycles. The molecule has 2 aromatic rings. The molecule has 0 radical (unpaired) electrons. The third kappa shape index (κ3) is 5.43. The second-order valence-electron chi connectivity index (χ2n) is 6.77. The monoisotopic (exact) mass is 343 g/mol. The Bertz CT molecular complexity index is 692. The van der Waals surface area contributed by atoms with Crippen LogP contribution < -0.4 is 5.32 Å². The number of nitrogens with one attached hydrogen (secondary N) is 1. The van der Waals surface area contributed by atoms with Crippen LogP contribution in [0.3, 0.4) is 0 Å². The van der Waals surface area contributed by atoms with E-state index in [9.17, 15) is 9.90 Å². The molecule has 0 aliphatic carbocycles. The van der Waals surface area contributed by atoms with Gasteiger partial charge in [0.05, 0.1) is 11.8 Å². The first-order valence-corrected chi connectivity index (χ1v) is 8.87. The minimum absolute atomic E-state index is 0.0363. The van der Waals surface area contributed by atoms with Crippen molar-refractivity contribution in [1.82, 2.24) is 15.1 Å². The Hall–Kier alpha value is -2.14. The van der Waals surface area contributed by atoms with Crippen LogP contribution in [-0.4, -0.2) is 33.4 Å². The summed E-state index contributed by atoms with van der Waals surface area (Å²) in [5, 5.41) is 17.2. The first-order valence-electron chi connectivity index (χ1n) is 8.87. The lowest BCUT2D eigenvalue weighted by atomic mass is 9.93. The van der Waals surface area contributed by atoms with E-state index in [1.807, 2.05) is 55.9 Å². The van der Waals surface area contributed by atoms with Crippen molar-refractivity contribution >= 4 is 5.91 Å². The number of carbonyl (C=O) groups excluding carboxylic acids is 1. The first kappa shape index (κ1) is 19.2. The Morgan fingerprint density at radius 1 is 1.28 bits per heavy atom. The minimum atomic E-state index is -0.400. The molecule has 1 aromatic heterocycles. The maximum Gasteiger partial charge on any atom is 0.220 e. The number of aromatic nitrogens is 2. The Kier molecular flexibility index (Phi) is 6.76. The van der Waals surface area contributed by atoms with Crippen molar-refractivity contribution in [3.05, 3.63) is 52.8 Å². The fourth-order valence-corrected chi connectivity index (χ4v) is 3.22. The number of aliphatic hydroxyl groups excluding tert-OH is 1. The molecule has 25 heavy (non-hydrogen) atoms. The molecule has 0 fully saturated rings. The summed E-state index contributed by atoms with van der Waals surface area (Å²) in [5.74, 6) is 0.154. The van der Waals surface area contributed by atoms with Crippen LogP contribution in [0.2, 0.25) is 0 Å². The van der Waals surface area contributed by atoms with Gasteiger partial charge in [0.1, 0.15) is 0 Å². The summed E-state index contributed by atoms with van der Waals surface area (Å²) < 4.78 is 1.86. The van der Waals surface area contributed by atoms with E-state index in [2.05, 4.69) is 10.4 Å². The number of hydrogen-bond acceptors (Lipinski definition) is 3. The second-order valence-corrected chi connectivity index (χ2v) is 6.77. The van der Waals surface area contributed by atoms with Crippen molar-refractivity contribution in [2.75, 3.05) is 6.54 Å². The summed E-state index contributed by atoms with van der Waals surface area (Å²) in [6, 6.07) is 10.0. The van der Waals surface area contributed by atoms with Gasteiger partial charge in [-0.25, -0.2) is 0 Å². The summed E-state index contributed by atoms with van der Waals surface area (Å²) in [6.45, 7) is 6.33. The number of nitrogens with zero attached hydrogens (tertiary/aromatic N) is 2. The average Bonchev–Trinajstić information content (AvgIpc) is 2.82. The highest BCUT2D eigenvalue weighted by molar-refractivity contribution is 5.76. The van der Waals surface area contributed by atoms with E-state index in [4.69, 9.17) is 0 Å². The summed E-state index contributed by atoms with van der Waals surface area (Å²) in [7, 11) is 1.92. The van der Waals surface area contributed by atoms with E-state index >= 15 is 0 Å². The Morgan fingerprint density at radius 3 is 2.52 bits per heavy atom.